The van der Waals surface area contributed by atoms with E-state index in [1.54, 1.807) is 0 Å². The normalized spacial score (nSPS) is 11.6. The van der Waals surface area contributed by atoms with Gasteiger partial charge in [-0.1, -0.05) is 6.07 Å². The summed E-state index contributed by atoms with van der Waals surface area (Å²) in [6, 6.07) is 1.82. The van der Waals surface area contributed by atoms with Crippen molar-refractivity contribution in [3.63, 3.8) is 0 Å². The van der Waals surface area contributed by atoms with E-state index >= 15 is 0 Å². The fraction of sp³-hybridized carbons (Fsp3) is 0.364. The average molecular weight is 250 g/mol. The first-order valence-electron chi connectivity index (χ1n) is 4.80. The van der Waals surface area contributed by atoms with Crippen molar-refractivity contribution in [1.82, 2.24) is 0 Å². The number of ketones is 1. The molecule has 0 heterocycles. The first-order chi connectivity index (χ1) is 7.73. The van der Waals surface area contributed by atoms with E-state index in [-0.39, 0.29) is 24.2 Å². The Kier molecular flexibility index (Phi) is 3.75. The fourth-order valence-corrected chi connectivity index (χ4v) is 1.38. The molecule has 0 aliphatic rings. The van der Waals surface area contributed by atoms with Crippen LogP contribution in [-0.4, -0.2) is 10.9 Å². The third-order valence-corrected chi connectivity index (χ3v) is 2.23. The quantitative estimate of drug-likeness (QED) is 0.837. The third kappa shape index (κ3) is 3.18. The Morgan fingerprint density at radius 2 is 1.94 bits per heavy atom. The number of phenolic OH excluding ortho intramolecular Hbond substituents is 1. The van der Waals surface area contributed by atoms with Crippen LogP contribution in [0, 0.1) is 5.82 Å². The van der Waals surface area contributed by atoms with Crippen molar-refractivity contribution >= 4 is 5.78 Å². The van der Waals surface area contributed by atoms with Gasteiger partial charge < -0.3 is 9.90 Å². The number of phenols is 1. The van der Waals surface area contributed by atoms with Crippen LogP contribution >= 0.6 is 0 Å². The lowest BCUT2D eigenvalue weighted by Gasteiger charge is -2.12. The zero-order chi connectivity index (χ0) is 13.2. The van der Waals surface area contributed by atoms with E-state index < -0.39 is 23.3 Å². The van der Waals surface area contributed by atoms with Crippen LogP contribution in [0.3, 0.4) is 0 Å². The minimum atomic E-state index is -4.96. The number of Topliss-reactive ketones (excluding diaryl/α,β-unsaturated/α-hetero) is 1. The van der Waals surface area contributed by atoms with E-state index in [1.165, 1.54) is 6.92 Å². The van der Waals surface area contributed by atoms with Gasteiger partial charge in [0.05, 0.1) is 0 Å². The summed E-state index contributed by atoms with van der Waals surface area (Å²) in [5, 5.41) is 9.00. The van der Waals surface area contributed by atoms with Crippen molar-refractivity contribution in [2.75, 3.05) is 0 Å². The molecule has 0 bridgehead atoms. The monoisotopic (exact) mass is 250 g/mol. The van der Waals surface area contributed by atoms with Crippen LogP contribution in [0.4, 0.5) is 17.6 Å². The molecule has 0 radical (unpaired) electrons. The average Bonchev–Trinajstić information content (AvgIpc) is 2.14. The molecule has 2 nitrogen and oxygen atoms in total. The van der Waals surface area contributed by atoms with Gasteiger partial charge in [-0.15, -0.1) is 0 Å². The van der Waals surface area contributed by atoms with E-state index in [2.05, 4.69) is 0 Å². The van der Waals surface area contributed by atoms with E-state index in [0.29, 0.717) is 0 Å². The van der Waals surface area contributed by atoms with Crippen LogP contribution in [-0.2, 0) is 17.4 Å². The van der Waals surface area contributed by atoms with Crippen LogP contribution in [0.5, 0.6) is 5.75 Å². The SMILES string of the molecule is CC(=O)CCc1ccc(O)c(C(F)(F)F)c1F. The van der Waals surface area contributed by atoms with Gasteiger partial charge in [0, 0.05) is 6.42 Å². The molecule has 17 heavy (non-hydrogen) atoms. The van der Waals surface area contributed by atoms with E-state index in [9.17, 15) is 22.4 Å². The number of carbonyl (C=O) groups excluding carboxylic acids is 1. The molecule has 0 saturated carbocycles. The van der Waals surface area contributed by atoms with Crippen molar-refractivity contribution in [1.29, 1.82) is 0 Å². The number of halogens is 4. The minimum Gasteiger partial charge on any atom is -0.507 e. The highest BCUT2D eigenvalue weighted by atomic mass is 19.4. The van der Waals surface area contributed by atoms with Crippen molar-refractivity contribution in [2.45, 2.75) is 25.9 Å². The lowest BCUT2D eigenvalue weighted by Crippen LogP contribution is -2.11. The maximum Gasteiger partial charge on any atom is 0.422 e. The summed E-state index contributed by atoms with van der Waals surface area (Å²) in [4.78, 5) is 10.7. The summed E-state index contributed by atoms with van der Waals surface area (Å²) in [7, 11) is 0. The van der Waals surface area contributed by atoms with Gasteiger partial charge in [0.2, 0.25) is 0 Å². The minimum absolute atomic E-state index is 0.0427. The Bertz CT molecular complexity index is 438. The van der Waals surface area contributed by atoms with Crippen LogP contribution in [0.1, 0.15) is 24.5 Å². The summed E-state index contributed by atoms with van der Waals surface area (Å²) >= 11 is 0. The van der Waals surface area contributed by atoms with Crippen LogP contribution < -0.4 is 0 Å². The van der Waals surface area contributed by atoms with Crippen molar-refractivity contribution in [2.24, 2.45) is 0 Å². The lowest BCUT2D eigenvalue weighted by molar-refractivity contribution is -0.141. The third-order valence-electron chi connectivity index (χ3n) is 2.23. The van der Waals surface area contributed by atoms with Gasteiger partial charge in [-0.05, 0) is 25.0 Å². The Morgan fingerprint density at radius 3 is 2.41 bits per heavy atom. The van der Waals surface area contributed by atoms with Gasteiger partial charge >= 0.3 is 6.18 Å². The largest absolute Gasteiger partial charge is 0.507 e. The molecule has 0 aliphatic carbocycles. The fourth-order valence-electron chi connectivity index (χ4n) is 1.38. The van der Waals surface area contributed by atoms with Crippen LogP contribution in [0.2, 0.25) is 0 Å². The van der Waals surface area contributed by atoms with Gasteiger partial charge in [-0.25, -0.2) is 4.39 Å². The number of aryl methyl sites for hydroxylation is 1. The van der Waals surface area contributed by atoms with Gasteiger partial charge in [-0.2, -0.15) is 13.2 Å². The molecule has 1 aromatic rings. The van der Waals surface area contributed by atoms with Crippen molar-refractivity contribution in [3.05, 3.63) is 29.1 Å². The van der Waals surface area contributed by atoms with Gasteiger partial charge in [-0.3, -0.25) is 0 Å². The number of alkyl halides is 3. The second-order valence-electron chi connectivity index (χ2n) is 3.63. The maximum atomic E-state index is 13.5. The second kappa shape index (κ2) is 4.73. The molecule has 1 aromatic carbocycles. The van der Waals surface area contributed by atoms with Gasteiger partial charge in [0.15, 0.2) is 0 Å². The number of benzene rings is 1. The molecule has 0 fully saturated rings. The predicted molar refractivity (Wildman–Crippen MR) is 52.1 cm³/mol. The molecule has 6 heteroatoms. The van der Waals surface area contributed by atoms with E-state index in [4.69, 9.17) is 5.11 Å². The predicted octanol–water partition coefficient (Wildman–Crippen LogP) is 3.07. The highest BCUT2D eigenvalue weighted by Gasteiger charge is 2.38. The molecule has 0 unspecified atom stereocenters. The zero-order valence-electron chi connectivity index (χ0n) is 8.94. The van der Waals surface area contributed by atoms with Crippen LogP contribution in [0.25, 0.3) is 0 Å². The Morgan fingerprint density at radius 1 is 1.35 bits per heavy atom. The van der Waals surface area contributed by atoms with E-state index in [1.807, 2.05) is 0 Å². The summed E-state index contributed by atoms with van der Waals surface area (Å²) in [6.45, 7) is 1.27. The van der Waals surface area contributed by atoms with E-state index in [0.717, 1.165) is 12.1 Å². The highest BCUT2D eigenvalue weighted by Crippen LogP contribution is 2.38. The Hall–Kier alpha value is -1.59. The molecule has 0 aromatic heterocycles. The molecule has 0 amide bonds. The van der Waals surface area contributed by atoms with Crippen molar-refractivity contribution in [3.8, 4) is 5.75 Å². The maximum absolute atomic E-state index is 13.5. The molecule has 0 atom stereocenters. The topological polar surface area (TPSA) is 37.3 Å². The van der Waals surface area contributed by atoms with Gasteiger partial charge in [0.25, 0.3) is 0 Å². The molecular formula is C11H10F4O2. The number of carbonyl (C=O) groups is 1. The number of rotatable bonds is 3. The molecule has 94 valence electrons. The zero-order valence-corrected chi connectivity index (χ0v) is 8.94. The molecule has 0 spiro atoms. The smallest absolute Gasteiger partial charge is 0.422 e. The Labute approximate surface area is 94.9 Å². The summed E-state index contributed by atoms with van der Waals surface area (Å²) in [5.74, 6) is -2.91. The summed E-state index contributed by atoms with van der Waals surface area (Å²) in [5.41, 5.74) is -1.91. The molecular weight excluding hydrogens is 240 g/mol. The van der Waals surface area contributed by atoms with Crippen LogP contribution in [0.15, 0.2) is 12.1 Å². The lowest BCUT2D eigenvalue weighted by atomic mass is 10.0. The van der Waals surface area contributed by atoms with Gasteiger partial charge in [0.1, 0.15) is 22.9 Å². The van der Waals surface area contributed by atoms with Crippen molar-refractivity contribution < 1.29 is 27.5 Å². The number of hydrogen-bond donors (Lipinski definition) is 1. The number of hydrogen-bond acceptors (Lipinski definition) is 2. The second-order valence-corrected chi connectivity index (χ2v) is 3.63. The highest BCUT2D eigenvalue weighted by molar-refractivity contribution is 5.75. The number of aromatic hydroxyl groups is 1. The molecule has 1 N–H and O–H groups in total. The first-order valence-corrected chi connectivity index (χ1v) is 4.80. The standard InChI is InChI=1S/C11H10F4O2/c1-6(16)2-3-7-4-5-8(17)9(10(7)12)11(13,14)15/h4-5,17H,2-3H2,1H3. The molecule has 1 rings (SSSR count). The molecule has 0 saturated heterocycles. The summed E-state index contributed by atoms with van der Waals surface area (Å²) < 4.78 is 50.8. The molecule has 0 aliphatic heterocycles. The Balaban J connectivity index is 3.15. The first kappa shape index (κ1) is 13.5. The summed E-state index contributed by atoms with van der Waals surface area (Å²) in [6.07, 6.45) is -5.12.